The Morgan fingerprint density at radius 1 is 1.27 bits per heavy atom. The molecule has 5 heteroatoms. The summed E-state index contributed by atoms with van der Waals surface area (Å²) in [5, 5.41) is 0. The monoisotopic (exact) mass is 307 g/mol. The zero-order valence-electron chi connectivity index (χ0n) is 13.8. The van der Waals surface area contributed by atoms with Crippen molar-refractivity contribution in [2.24, 2.45) is 11.8 Å². The minimum absolute atomic E-state index is 0.0413. The lowest BCUT2D eigenvalue weighted by molar-refractivity contribution is -0.145. The van der Waals surface area contributed by atoms with Crippen molar-refractivity contribution in [2.45, 2.75) is 19.8 Å². The SMILES string of the molecule is COC(=O)C(C)CC1CCN(c2ccc(OC)c(OC)c2)C1. The molecule has 0 radical (unpaired) electrons. The molecule has 0 N–H and O–H groups in total. The number of benzene rings is 1. The van der Waals surface area contributed by atoms with Gasteiger partial charge >= 0.3 is 5.97 Å². The van der Waals surface area contributed by atoms with Crippen LogP contribution in [0.1, 0.15) is 19.8 Å². The summed E-state index contributed by atoms with van der Waals surface area (Å²) in [5.74, 6) is 1.83. The van der Waals surface area contributed by atoms with Crippen molar-refractivity contribution in [2.75, 3.05) is 39.3 Å². The molecule has 0 saturated carbocycles. The van der Waals surface area contributed by atoms with Crippen molar-refractivity contribution >= 4 is 11.7 Å². The van der Waals surface area contributed by atoms with Crippen LogP contribution in [0.4, 0.5) is 5.69 Å². The first kappa shape index (κ1) is 16.5. The first-order chi connectivity index (χ1) is 10.6. The summed E-state index contributed by atoms with van der Waals surface area (Å²) < 4.78 is 15.4. The van der Waals surface area contributed by atoms with Crippen molar-refractivity contribution in [3.05, 3.63) is 18.2 Å². The third-order valence-electron chi connectivity index (χ3n) is 4.31. The minimum atomic E-state index is -0.121. The molecule has 1 aromatic carbocycles. The Morgan fingerprint density at radius 2 is 2.00 bits per heavy atom. The van der Waals surface area contributed by atoms with E-state index in [-0.39, 0.29) is 11.9 Å². The van der Waals surface area contributed by atoms with Crippen molar-refractivity contribution in [3.63, 3.8) is 0 Å². The van der Waals surface area contributed by atoms with Crippen LogP contribution in [0, 0.1) is 11.8 Å². The topological polar surface area (TPSA) is 48.0 Å². The highest BCUT2D eigenvalue weighted by molar-refractivity contribution is 5.71. The second kappa shape index (κ2) is 7.38. The van der Waals surface area contributed by atoms with Gasteiger partial charge in [0, 0.05) is 24.8 Å². The van der Waals surface area contributed by atoms with E-state index >= 15 is 0 Å². The molecule has 1 aliphatic rings. The Hall–Kier alpha value is -1.91. The summed E-state index contributed by atoms with van der Waals surface area (Å²) in [5.41, 5.74) is 1.13. The van der Waals surface area contributed by atoms with E-state index in [1.807, 2.05) is 25.1 Å². The molecule has 0 aromatic heterocycles. The molecule has 2 rings (SSSR count). The normalized spacial score (nSPS) is 18.9. The number of anilines is 1. The predicted molar refractivity (Wildman–Crippen MR) is 85.7 cm³/mol. The molecule has 1 saturated heterocycles. The lowest BCUT2D eigenvalue weighted by Gasteiger charge is -2.21. The second-order valence-corrected chi connectivity index (χ2v) is 5.80. The fourth-order valence-electron chi connectivity index (χ4n) is 3.08. The maximum Gasteiger partial charge on any atom is 0.308 e. The molecule has 0 amide bonds. The molecule has 5 nitrogen and oxygen atoms in total. The number of nitrogens with zero attached hydrogens (tertiary/aromatic N) is 1. The van der Waals surface area contributed by atoms with Crippen molar-refractivity contribution in [3.8, 4) is 11.5 Å². The highest BCUT2D eigenvalue weighted by Gasteiger charge is 2.27. The Kier molecular flexibility index (Phi) is 5.52. The highest BCUT2D eigenvalue weighted by Crippen LogP contribution is 2.34. The molecule has 22 heavy (non-hydrogen) atoms. The fourth-order valence-corrected chi connectivity index (χ4v) is 3.08. The molecule has 122 valence electrons. The van der Waals surface area contributed by atoms with Gasteiger partial charge in [0.05, 0.1) is 27.2 Å². The van der Waals surface area contributed by atoms with Crippen LogP contribution in [0.25, 0.3) is 0 Å². The van der Waals surface area contributed by atoms with E-state index in [1.54, 1.807) is 14.2 Å². The fraction of sp³-hybridized carbons (Fsp3) is 0.588. The van der Waals surface area contributed by atoms with Crippen LogP contribution < -0.4 is 14.4 Å². The van der Waals surface area contributed by atoms with Gasteiger partial charge in [-0.1, -0.05) is 6.92 Å². The van der Waals surface area contributed by atoms with Gasteiger partial charge in [-0.05, 0) is 30.9 Å². The first-order valence-electron chi connectivity index (χ1n) is 7.63. The first-order valence-corrected chi connectivity index (χ1v) is 7.63. The highest BCUT2D eigenvalue weighted by atomic mass is 16.5. The smallest absolute Gasteiger partial charge is 0.308 e. The molecular formula is C17H25NO4. The number of carbonyl (C=O) groups excluding carboxylic acids is 1. The van der Waals surface area contributed by atoms with Crippen LogP contribution in [0.3, 0.4) is 0 Å². The van der Waals surface area contributed by atoms with Gasteiger partial charge < -0.3 is 19.1 Å². The van der Waals surface area contributed by atoms with Crippen LogP contribution >= 0.6 is 0 Å². The molecule has 1 heterocycles. The summed E-state index contributed by atoms with van der Waals surface area (Å²) in [6, 6.07) is 5.98. The van der Waals surface area contributed by atoms with Crippen LogP contribution in [0.15, 0.2) is 18.2 Å². The quantitative estimate of drug-likeness (QED) is 0.756. The molecular weight excluding hydrogens is 282 g/mol. The molecule has 1 aromatic rings. The van der Waals surface area contributed by atoms with E-state index < -0.39 is 0 Å². The van der Waals surface area contributed by atoms with Gasteiger partial charge in [0.15, 0.2) is 11.5 Å². The summed E-state index contributed by atoms with van der Waals surface area (Å²) in [7, 11) is 4.73. The van der Waals surface area contributed by atoms with Gasteiger partial charge in [0.1, 0.15) is 0 Å². The number of hydrogen-bond donors (Lipinski definition) is 0. The van der Waals surface area contributed by atoms with Crippen LogP contribution in [-0.2, 0) is 9.53 Å². The Balaban J connectivity index is 1.99. The van der Waals surface area contributed by atoms with E-state index in [0.717, 1.165) is 43.1 Å². The maximum absolute atomic E-state index is 11.5. The molecule has 0 aliphatic carbocycles. The molecule has 2 unspecified atom stereocenters. The lowest BCUT2D eigenvalue weighted by Crippen LogP contribution is -2.22. The number of rotatable bonds is 6. The van der Waals surface area contributed by atoms with Gasteiger partial charge in [-0.3, -0.25) is 4.79 Å². The summed E-state index contributed by atoms with van der Waals surface area (Å²) in [6.45, 7) is 3.88. The zero-order chi connectivity index (χ0) is 16.1. The van der Waals surface area contributed by atoms with E-state index in [1.165, 1.54) is 7.11 Å². The zero-order valence-corrected chi connectivity index (χ0v) is 13.8. The average molecular weight is 307 g/mol. The summed E-state index contributed by atoms with van der Waals surface area (Å²) in [4.78, 5) is 13.9. The minimum Gasteiger partial charge on any atom is -0.493 e. The number of carbonyl (C=O) groups is 1. The largest absolute Gasteiger partial charge is 0.493 e. The standard InChI is InChI=1S/C17H25NO4/c1-12(17(19)22-4)9-13-7-8-18(11-13)14-5-6-15(20-2)16(10-14)21-3/h5-6,10,12-13H,7-9,11H2,1-4H3. The van der Waals surface area contributed by atoms with E-state index in [4.69, 9.17) is 14.2 Å². The molecule has 0 bridgehead atoms. The summed E-state index contributed by atoms with van der Waals surface area (Å²) in [6.07, 6.45) is 1.96. The predicted octanol–water partition coefficient (Wildman–Crippen LogP) is 2.73. The third kappa shape index (κ3) is 3.64. The molecule has 1 aliphatic heterocycles. The van der Waals surface area contributed by atoms with Crippen molar-refractivity contribution < 1.29 is 19.0 Å². The molecule has 0 spiro atoms. The maximum atomic E-state index is 11.5. The number of methoxy groups -OCH3 is 3. The van der Waals surface area contributed by atoms with E-state index in [9.17, 15) is 4.79 Å². The number of ether oxygens (including phenoxy) is 3. The van der Waals surface area contributed by atoms with Crippen LogP contribution in [-0.4, -0.2) is 40.4 Å². The van der Waals surface area contributed by atoms with Crippen molar-refractivity contribution in [1.82, 2.24) is 0 Å². The average Bonchev–Trinajstić information content (AvgIpc) is 3.01. The Labute approximate surface area is 132 Å². The Morgan fingerprint density at radius 3 is 2.64 bits per heavy atom. The van der Waals surface area contributed by atoms with Gasteiger partial charge in [0.25, 0.3) is 0 Å². The molecule has 1 fully saturated rings. The lowest BCUT2D eigenvalue weighted by atomic mass is 9.95. The number of hydrogen-bond acceptors (Lipinski definition) is 5. The second-order valence-electron chi connectivity index (χ2n) is 5.80. The summed E-state index contributed by atoms with van der Waals surface area (Å²) >= 11 is 0. The van der Waals surface area contributed by atoms with Gasteiger partial charge in [0.2, 0.25) is 0 Å². The van der Waals surface area contributed by atoms with Crippen LogP contribution in [0.2, 0.25) is 0 Å². The van der Waals surface area contributed by atoms with Gasteiger partial charge in [-0.2, -0.15) is 0 Å². The van der Waals surface area contributed by atoms with E-state index in [0.29, 0.717) is 5.92 Å². The van der Waals surface area contributed by atoms with Gasteiger partial charge in [-0.15, -0.1) is 0 Å². The van der Waals surface area contributed by atoms with E-state index in [2.05, 4.69) is 4.90 Å². The van der Waals surface area contributed by atoms with Crippen LogP contribution in [0.5, 0.6) is 11.5 Å². The Bertz CT molecular complexity index is 517. The third-order valence-corrected chi connectivity index (χ3v) is 4.31. The van der Waals surface area contributed by atoms with Crippen molar-refractivity contribution in [1.29, 1.82) is 0 Å². The van der Waals surface area contributed by atoms with Gasteiger partial charge in [-0.25, -0.2) is 0 Å². The number of esters is 1. The molecule has 2 atom stereocenters.